The summed E-state index contributed by atoms with van der Waals surface area (Å²) in [5.74, 6) is 0.824. The number of carbonyl (C=O) groups is 1. The molecule has 1 aliphatic carbocycles. The van der Waals surface area contributed by atoms with E-state index in [9.17, 15) is 9.90 Å². The Morgan fingerprint density at radius 1 is 1.43 bits per heavy atom. The molecule has 1 aromatic rings. The lowest BCUT2D eigenvalue weighted by Crippen LogP contribution is -2.51. The molecule has 2 N–H and O–H groups in total. The maximum Gasteiger partial charge on any atom is 0.223 e. The molecule has 0 bridgehead atoms. The molecule has 4 nitrogen and oxygen atoms in total. The van der Waals surface area contributed by atoms with E-state index in [1.54, 1.807) is 18.2 Å². The Labute approximate surface area is 134 Å². The van der Waals surface area contributed by atoms with Gasteiger partial charge in [0.1, 0.15) is 5.75 Å². The molecule has 21 heavy (non-hydrogen) atoms. The number of hydrogen-bond acceptors (Lipinski definition) is 3. The van der Waals surface area contributed by atoms with Crippen molar-refractivity contribution >= 4 is 29.1 Å². The van der Waals surface area contributed by atoms with Crippen LogP contribution in [0.1, 0.15) is 26.2 Å². The van der Waals surface area contributed by atoms with Gasteiger partial charge in [-0.25, -0.2) is 0 Å². The molecule has 0 radical (unpaired) electrons. The Balaban J connectivity index is 1.77. The van der Waals surface area contributed by atoms with Gasteiger partial charge in [0, 0.05) is 6.07 Å². The average molecular weight is 332 g/mol. The number of carbonyl (C=O) groups excluding carboxylic acids is 1. The van der Waals surface area contributed by atoms with Gasteiger partial charge in [0.2, 0.25) is 5.91 Å². The molecule has 1 aromatic carbocycles. The van der Waals surface area contributed by atoms with E-state index in [2.05, 4.69) is 5.32 Å². The minimum Gasteiger partial charge on any atom is -0.493 e. The normalized spacial score (nSPS) is 17.1. The maximum absolute atomic E-state index is 11.9. The van der Waals surface area contributed by atoms with E-state index in [1.165, 1.54) is 0 Å². The van der Waals surface area contributed by atoms with Crippen LogP contribution in [0.3, 0.4) is 0 Å². The van der Waals surface area contributed by atoms with Gasteiger partial charge in [-0.05, 0) is 37.8 Å². The molecule has 0 aromatic heterocycles. The Bertz CT molecular complexity index is 520. The van der Waals surface area contributed by atoms with Crippen LogP contribution >= 0.6 is 23.2 Å². The Morgan fingerprint density at radius 2 is 2.14 bits per heavy atom. The van der Waals surface area contributed by atoms with Gasteiger partial charge >= 0.3 is 0 Å². The molecule has 0 saturated heterocycles. The Morgan fingerprint density at radius 3 is 2.71 bits per heavy atom. The van der Waals surface area contributed by atoms with Gasteiger partial charge in [-0.2, -0.15) is 0 Å². The van der Waals surface area contributed by atoms with E-state index in [1.807, 2.05) is 6.92 Å². The summed E-state index contributed by atoms with van der Waals surface area (Å²) in [6.07, 6.45) is 2.33. The van der Waals surface area contributed by atoms with Crippen LogP contribution < -0.4 is 10.1 Å². The first-order chi connectivity index (χ1) is 9.94. The molecule has 6 heteroatoms. The fourth-order valence-corrected chi connectivity index (χ4v) is 2.49. The van der Waals surface area contributed by atoms with E-state index in [-0.39, 0.29) is 25.5 Å². The molecule has 1 fully saturated rings. The third-order valence-electron chi connectivity index (χ3n) is 3.72. The topological polar surface area (TPSA) is 58.6 Å². The van der Waals surface area contributed by atoms with Crippen molar-refractivity contribution in [3.8, 4) is 5.75 Å². The van der Waals surface area contributed by atoms with Crippen molar-refractivity contribution in [2.24, 2.45) is 5.92 Å². The standard InChI is InChI=1S/C15H19Cl2NO3/c1-15(9-19,10-2-3-10)18-14(20)6-7-21-11-4-5-12(16)13(17)8-11/h4-5,8,10,19H,2-3,6-7,9H2,1H3,(H,18,20). The predicted molar refractivity (Wildman–Crippen MR) is 82.9 cm³/mol. The molecular formula is C15H19Cl2NO3. The molecule has 2 rings (SSSR count). The minimum atomic E-state index is -0.513. The van der Waals surface area contributed by atoms with E-state index < -0.39 is 5.54 Å². The molecule has 116 valence electrons. The second kappa shape index (κ2) is 6.86. The molecule has 1 saturated carbocycles. The quantitative estimate of drug-likeness (QED) is 0.807. The van der Waals surface area contributed by atoms with Crippen LogP contribution in [0.15, 0.2) is 18.2 Å². The van der Waals surface area contributed by atoms with Gasteiger partial charge in [0.25, 0.3) is 0 Å². The second-order valence-electron chi connectivity index (χ2n) is 5.57. The highest BCUT2D eigenvalue weighted by Gasteiger charge is 2.41. The average Bonchev–Trinajstić information content (AvgIpc) is 3.27. The summed E-state index contributed by atoms with van der Waals surface area (Å²) >= 11 is 11.7. The predicted octanol–water partition coefficient (Wildman–Crippen LogP) is 3.04. The summed E-state index contributed by atoms with van der Waals surface area (Å²) < 4.78 is 5.47. The molecule has 1 unspecified atom stereocenters. The summed E-state index contributed by atoms with van der Waals surface area (Å²) in [5, 5.41) is 13.2. The molecule has 0 heterocycles. The van der Waals surface area contributed by atoms with Crippen molar-refractivity contribution < 1.29 is 14.6 Å². The third-order valence-corrected chi connectivity index (χ3v) is 4.46. The summed E-state index contributed by atoms with van der Waals surface area (Å²) in [5.41, 5.74) is -0.513. The molecule has 0 aliphatic heterocycles. The lowest BCUT2D eigenvalue weighted by molar-refractivity contribution is -0.124. The molecule has 1 atom stereocenters. The highest BCUT2D eigenvalue weighted by atomic mass is 35.5. The lowest BCUT2D eigenvalue weighted by Gasteiger charge is -2.28. The number of rotatable bonds is 7. The van der Waals surface area contributed by atoms with Crippen molar-refractivity contribution in [2.75, 3.05) is 13.2 Å². The molecule has 1 aliphatic rings. The number of aliphatic hydroxyl groups excluding tert-OH is 1. The zero-order chi connectivity index (χ0) is 15.5. The number of aliphatic hydroxyl groups is 1. The first-order valence-electron chi connectivity index (χ1n) is 6.94. The Hall–Kier alpha value is -0.970. The summed E-state index contributed by atoms with van der Waals surface area (Å²) in [7, 11) is 0. The third kappa shape index (κ3) is 4.50. The number of hydrogen-bond donors (Lipinski definition) is 2. The van der Waals surface area contributed by atoms with Crippen molar-refractivity contribution in [2.45, 2.75) is 31.7 Å². The van der Waals surface area contributed by atoms with Crippen LogP contribution in [0.5, 0.6) is 5.75 Å². The largest absolute Gasteiger partial charge is 0.493 e. The van der Waals surface area contributed by atoms with Gasteiger partial charge in [-0.1, -0.05) is 23.2 Å². The second-order valence-corrected chi connectivity index (χ2v) is 6.39. The van der Waals surface area contributed by atoms with Gasteiger partial charge in [0.05, 0.1) is 35.2 Å². The zero-order valence-corrected chi connectivity index (χ0v) is 13.4. The SMILES string of the molecule is CC(CO)(NC(=O)CCOc1ccc(Cl)c(Cl)c1)C1CC1. The molecule has 0 spiro atoms. The van der Waals surface area contributed by atoms with Crippen molar-refractivity contribution in [3.63, 3.8) is 0 Å². The number of benzene rings is 1. The zero-order valence-electron chi connectivity index (χ0n) is 11.9. The monoisotopic (exact) mass is 331 g/mol. The van der Waals surface area contributed by atoms with Crippen LogP contribution in [0.4, 0.5) is 0 Å². The van der Waals surface area contributed by atoms with E-state index in [0.717, 1.165) is 12.8 Å². The number of ether oxygens (including phenoxy) is 1. The fourth-order valence-electron chi connectivity index (χ4n) is 2.20. The summed E-state index contributed by atoms with van der Waals surface area (Å²) in [4.78, 5) is 11.9. The van der Waals surface area contributed by atoms with Gasteiger partial charge in [-0.3, -0.25) is 4.79 Å². The number of halogens is 2. The van der Waals surface area contributed by atoms with Crippen LogP contribution in [-0.4, -0.2) is 29.8 Å². The van der Waals surface area contributed by atoms with E-state index in [0.29, 0.717) is 21.7 Å². The highest BCUT2D eigenvalue weighted by Crippen LogP contribution is 2.39. The first-order valence-corrected chi connectivity index (χ1v) is 7.70. The summed E-state index contributed by atoms with van der Waals surface area (Å²) in [6.45, 7) is 2.08. The van der Waals surface area contributed by atoms with E-state index in [4.69, 9.17) is 27.9 Å². The van der Waals surface area contributed by atoms with Gasteiger partial charge in [0.15, 0.2) is 0 Å². The van der Waals surface area contributed by atoms with Crippen molar-refractivity contribution in [1.29, 1.82) is 0 Å². The van der Waals surface area contributed by atoms with Crippen molar-refractivity contribution in [1.82, 2.24) is 5.32 Å². The fraction of sp³-hybridized carbons (Fsp3) is 0.533. The maximum atomic E-state index is 11.9. The van der Waals surface area contributed by atoms with Crippen LogP contribution in [0.25, 0.3) is 0 Å². The van der Waals surface area contributed by atoms with Crippen LogP contribution in [0.2, 0.25) is 10.0 Å². The molecule has 1 amide bonds. The van der Waals surface area contributed by atoms with Crippen LogP contribution in [-0.2, 0) is 4.79 Å². The smallest absolute Gasteiger partial charge is 0.223 e. The lowest BCUT2D eigenvalue weighted by atomic mass is 9.97. The van der Waals surface area contributed by atoms with E-state index >= 15 is 0 Å². The van der Waals surface area contributed by atoms with Gasteiger partial charge in [-0.15, -0.1) is 0 Å². The Kier molecular flexibility index (Phi) is 5.36. The minimum absolute atomic E-state index is 0.0446. The first kappa shape index (κ1) is 16.4. The summed E-state index contributed by atoms with van der Waals surface area (Å²) in [6, 6.07) is 4.97. The van der Waals surface area contributed by atoms with Crippen molar-refractivity contribution in [3.05, 3.63) is 28.2 Å². The van der Waals surface area contributed by atoms with Gasteiger partial charge < -0.3 is 15.2 Å². The highest BCUT2D eigenvalue weighted by molar-refractivity contribution is 6.42. The molecular weight excluding hydrogens is 313 g/mol. The van der Waals surface area contributed by atoms with Crippen LogP contribution in [0, 0.1) is 5.92 Å². The number of nitrogens with one attached hydrogen (secondary N) is 1. The number of amides is 1.